The van der Waals surface area contributed by atoms with Crippen LogP contribution in [0.25, 0.3) is 17.0 Å². The second-order valence-corrected chi connectivity index (χ2v) is 11.0. The second-order valence-electron chi connectivity index (χ2n) is 11.0. The Morgan fingerprint density at radius 2 is 1.88 bits per heavy atom. The molecule has 0 atom stereocenters. The molecular formula is C30H35NO. The lowest BCUT2D eigenvalue weighted by atomic mass is 9.69. The number of hydrogen-bond donors (Lipinski definition) is 1. The minimum Gasteiger partial charge on any atom is -0.357 e. The molecule has 1 N–H and O–H groups in total. The number of rotatable bonds is 5. The first-order valence-electron chi connectivity index (χ1n) is 12.3. The molecule has 2 aliphatic rings. The largest absolute Gasteiger partial charge is 0.357 e. The molecule has 166 valence electrons. The zero-order valence-electron chi connectivity index (χ0n) is 20.0. The van der Waals surface area contributed by atoms with Gasteiger partial charge in [-0.2, -0.15) is 0 Å². The maximum Gasteiger partial charge on any atom is 0.195 e. The average Bonchev–Trinajstić information content (AvgIpc) is 3.40. The summed E-state index contributed by atoms with van der Waals surface area (Å²) in [6, 6.07) is 10.9. The van der Waals surface area contributed by atoms with E-state index in [1.165, 1.54) is 42.4 Å². The summed E-state index contributed by atoms with van der Waals surface area (Å²) in [5, 5.41) is 1.02. The molecular weight excluding hydrogens is 390 g/mol. The summed E-state index contributed by atoms with van der Waals surface area (Å²) < 4.78 is 0. The number of carbonyl (C=O) groups excluding carboxylic acids is 1. The van der Waals surface area contributed by atoms with Gasteiger partial charge in [-0.1, -0.05) is 84.2 Å². The van der Waals surface area contributed by atoms with Gasteiger partial charge < -0.3 is 4.98 Å². The van der Waals surface area contributed by atoms with Crippen molar-refractivity contribution < 1.29 is 4.79 Å². The van der Waals surface area contributed by atoms with Crippen molar-refractivity contribution in [3.05, 3.63) is 76.0 Å². The van der Waals surface area contributed by atoms with Crippen LogP contribution in [0, 0.1) is 11.8 Å². The highest BCUT2D eigenvalue weighted by atomic mass is 16.1. The Balaban J connectivity index is 1.69. The molecule has 1 aromatic heterocycles. The number of aromatic amines is 1. The molecule has 0 amide bonds. The van der Waals surface area contributed by atoms with Gasteiger partial charge in [-0.15, -0.1) is 0 Å². The number of hydrogen-bond acceptors (Lipinski definition) is 1. The van der Waals surface area contributed by atoms with Gasteiger partial charge in [-0.05, 0) is 59.1 Å². The van der Waals surface area contributed by atoms with E-state index in [0.29, 0.717) is 5.92 Å². The molecule has 32 heavy (non-hydrogen) atoms. The standard InChI is InChI=1S/C30H35NO/c1-6-19-11-12-23-26(15-19)31-29-27(23)28(32)24-16-21(13-18(2)3)22(14-20-9-7-8-10-20)17-25(24)30(29,4)5/h6,11-12,15-18,20,31H,1,7-10,13-14H2,2-5H3. The molecule has 1 fully saturated rings. The van der Waals surface area contributed by atoms with E-state index in [1.807, 2.05) is 12.1 Å². The monoisotopic (exact) mass is 425 g/mol. The molecule has 0 bridgehead atoms. The summed E-state index contributed by atoms with van der Waals surface area (Å²) in [6.45, 7) is 13.0. The van der Waals surface area contributed by atoms with Crippen LogP contribution in [0.3, 0.4) is 0 Å². The molecule has 2 heteroatoms. The van der Waals surface area contributed by atoms with E-state index in [0.717, 1.165) is 52.0 Å². The smallest absolute Gasteiger partial charge is 0.195 e. The average molecular weight is 426 g/mol. The topological polar surface area (TPSA) is 32.9 Å². The van der Waals surface area contributed by atoms with Crippen molar-refractivity contribution in [1.82, 2.24) is 4.98 Å². The molecule has 1 heterocycles. The Labute approximate surface area is 192 Å². The lowest BCUT2D eigenvalue weighted by Gasteiger charge is -2.33. The van der Waals surface area contributed by atoms with Crippen molar-refractivity contribution in [3.63, 3.8) is 0 Å². The Bertz CT molecular complexity index is 1220. The first-order valence-corrected chi connectivity index (χ1v) is 12.3. The van der Waals surface area contributed by atoms with Gasteiger partial charge in [-0.3, -0.25) is 4.79 Å². The Morgan fingerprint density at radius 3 is 2.56 bits per heavy atom. The van der Waals surface area contributed by atoms with Crippen LogP contribution in [0.4, 0.5) is 0 Å². The molecule has 1 saturated carbocycles. The lowest BCUT2D eigenvalue weighted by Crippen LogP contribution is -2.31. The third kappa shape index (κ3) is 3.36. The Hall–Kier alpha value is -2.61. The number of carbonyl (C=O) groups is 1. The van der Waals surface area contributed by atoms with Crippen molar-refractivity contribution in [2.75, 3.05) is 0 Å². The molecule has 0 unspecified atom stereocenters. The van der Waals surface area contributed by atoms with Crippen LogP contribution in [0.5, 0.6) is 0 Å². The minimum absolute atomic E-state index is 0.171. The Morgan fingerprint density at radius 1 is 1.12 bits per heavy atom. The third-order valence-corrected chi connectivity index (χ3v) is 7.78. The molecule has 0 aliphatic heterocycles. The zero-order valence-corrected chi connectivity index (χ0v) is 20.0. The number of nitrogens with one attached hydrogen (secondary N) is 1. The predicted molar refractivity (Wildman–Crippen MR) is 135 cm³/mol. The van der Waals surface area contributed by atoms with Crippen LogP contribution in [0.15, 0.2) is 36.9 Å². The van der Waals surface area contributed by atoms with Gasteiger partial charge in [-0.25, -0.2) is 0 Å². The maximum absolute atomic E-state index is 13.9. The number of H-pyrrole nitrogens is 1. The van der Waals surface area contributed by atoms with E-state index in [9.17, 15) is 4.79 Å². The van der Waals surface area contributed by atoms with Crippen molar-refractivity contribution in [3.8, 4) is 0 Å². The van der Waals surface area contributed by atoms with Crippen LogP contribution >= 0.6 is 0 Å². The summed E-state index contributed by atoms with van der Waals surface area (Å²) in [5.74, 6) is 1.54. The van der Waals surface area contributed by atoms with E-state index >= 15 is 0 Å². The molecule has 3 aromatic rings. The highest BCUT2D eigenvalue weighted by molar-refractivity contribution is 6.20. The molecule has 0 spiro atoms. The van der Waals surface area contributed by atoms with Crippen LogP contribution in [-0.2, 0) is 18.3 Å². The summed E-state index contributed by atoms with van der Waals surface area (Å²) in [6.07, 6.45) is 9.47. The maximum atomic E-state index is 13.9. The predicted octanol–water partition coefficient (Wildman–Crippen LogP) is 7.61. The summed E-state index contributed by atoms with van der Waals surface area (Å²) in [4.78, 5) is 17.5. The molecule has 2 aromatic carbocycles. The number of fused-ring (bicyclic) bond motifs is 4. The van der Waals surface area contributed by atoms with E-state index < -0.39 is 0 Å². The van der Waals surface area contributed by atoms with Gasteiger partial charge in [0.25, 0.3) is 0 Å². The molecule has 0 radical (unpaired) electrons. The Kier molecular flexibility index (Phi) is 5.15. The van der Waals surface area contributed by atoms with Crippen molar-refractivity contribution in [2.45, 2.75) is 71.6 Å². The van der Waals surface area contributed by atoms with Crippen LogP contribution in [0.1, 0.15) is 97.2 Å². The summed E-state index contributed by atoms with van der Waals surface area (Å²) in [5.41, 5.74) is 8.69. The van der Waals surface area contributed by atoms with Crippen molar-refractivity contribution in [2.24, 2.45) is 11.8 Å². The van der Waals surface area contributed by atoms with Gasteiger partial charge in [0.2, 0.25) is 0 Å². The quantitative estimate of drug-likeness (QED) is 0.448. The summed E-state index contributed by atoms with van der Waals surface area (Å²) >= 11 is 0. The van der Waals surface area contributed by atoms with Gasteiger partial charge in [0, 0.05) is 27.6 Å². The van der Waals surface area contributed by atoms with Crippen LogP contribution in [-0.4, -0.2) is 10.8 Å². The van der Waals surface area contributed by atoms with E-state index in [2.05, 4.69) is 63.5 Å². The first kappa shape index (κ1) is 21.2. The normalized spacial score (nSPS) is 17.7. The summed E-state index contributed by atoms with van der Waals surface area (Å²) in [7, 11) is 0. The van der Waals surface area contributed by atoms with Crippen LogP contribution < -0.4 is 0 Å². The zero-order chi connectivity index (χ0) is 22.6. The highest BCUT2D eigenvalue weighted by Crippen LogP contribution is 2.45. The first-order chi connectivity index (χ1) is 15.3. The van der Waals surface area contributed by atoms with Gasteiger partial charge in [0.1, 0.15) is 0 Å². The fourth-order valence-corrected chi connectivity index (χ4v) is 6.06. The highest BCUT2D eigenvalue weighted by Gasteiger charge is 2.40. The SMILES string of the molecule is C=Cc1ccc2c3c([nH]c2c1)C(C)(C)c1cc(CC2CCCC2)c(CC(C)C)cc1C3=O. The molecule has 0 saturated heterocycles. The van der Waals surface area contributed by atoms with Crippen molar-refractivity contribution in [1.29, 1.82) is 0 Å². The molecule has 5 rings (SSSR count). The van der Waals surface area contributed by atoms with E-state index in [-0.39, 0.29) is 11.2 Å². The van der Waals surface area contributed by atoms with Gasteiger partial charge >= 0.3 is 0 Å². The third-order valence-electron chi connectivity index (χ3n) is 7.78. The van der Waals surface area contributed by atoms with Gasteiger partial charge in [0.15, 0.2) is 5.78 Å². The van der Waals surface area contributed by atoms with E-state index in [1.54, 1.807) is 0 Å². The lowest BCUT2D eigenvalue weighted by molar-refractivity contribution is 0.103. The molecule has 2 aliphatic carbocycles. The second kappa shape index (κ2) is 7.76. The van der Waals surface area contributed by atoms with Gasteiger partial charge in [0.05, 0.1) is 5.56 Å². The number of ketones is 1. The fourth-order valence-electron chi connectivity index (χ4n) is 6.06. The fraction of sp³-hybridized carbons (Fsp3) is 0.433. The van der Waals surface area contributed by atoms with Crippen LogP contribution in [0.2, 0.25) is 0 Å². The molecule has 2 nitrogen and oxygen atoms in total. The number of aromatic nitrogens is 1. The van der Waals surface area contributed by atoms with E-state index in [4.69, 9.17) is 0 Å². The van der Waals surface area contributed by atoms with Crippen molar-refractivity contribution >= 4 is 22.8 Å². The number of benzene rings is 2. The minimum atomic E-state index is -0.243.